The third-order valence-electron chi connectivity index (χ3n) is 4.53. The van der Waals surface area contributed by atoms with Crippen molar-refractivity contribution in [1.29, 1.82) is 0 Å². The third-order valence-corrected chi connectivity index (χ3v) is 4.53. The smallest absolute Gasteiger partial charge is 0.323 e. The second-order valence-electron chi connectivity index (χ2n) is 7.35. The zero-order valence-electron chi connectivity index (χ0n) is 14.6. The Hall–Kier alpha value is -2.33. The molecule has 1 aliphatic rings. The minimum absolute atomic E-state index is 0.0147. The molecule has 4 heteroatoms. The predicted octanol–water partition coefficient (Wildman–Crippen LogP) is 3.85. The summed E-state index contributed by atoms with van der Waals surface area (Å²) in [5.74, 6) is 0. The summed E-state index contributed by atoms with van der Waals surface area (Å²) in [5.41, 5.74) is 11.1. The Morgan fingerprint density at radius 1 is 1.08 bits per heavy atom. The number of carbonyl (C=O) groups is 1. The topological polar surface area (TPSA) is 58.4 Å². The molecule has 0 saturated carbocycles. The molecule has 0 radical (unpaired) electrons. The van der Waals surface area contributed by atoms with E-state index in [1.807, 2.05) is 24.3 Å². The Labute approximate surface area is 143 Å². The van der Waals surface area contributed by atoms with Crippen LogP contribution in [0, 0.1) is 0 Å². The van der Waals surface area contributed by atoms with Gasteiger partial charge in [-0.2, -0.15) is 0 Å². The molecule has 3 N–H and O–H groups in total. The average molecular weight is 323 g/mol. The molecule has 0 unspecified atom stereocenters. The summed E-state index contributed by atoms with van der Waals surface area (Å²) < 4.78 is 0. The molecule has 126 valence electrons. The van der Waals surface area contributed by atoms with Crippen LogP contribution >= 0.6 is 0 Å². The summed E-state index contributed by atoms with van der Waals surface area (Å²) in [5, 5.41) is 3.36. The van der Waals surface area contributed by atoms with Gasteiger partial charge in [0, 0.05) is 6.54 Å². The molecule has 0 aromatic heterocycles. The van der Waals surface area contributed by atoms with Gasteiger partial charge in [-0.3, -0.25) is 4.90 Å². The van der Waals surface area contributed by atoms with Crippen LogP contribution in [-0.2, 0) is 18.4 Å². The maximum absolute atomic E-state index is 12.2. The van der Waals surface area contributed by atoms with Crippen molar-refractivity contribution in [2.24, 2.45) is 5.73 Å². The van der Waals surface area contributed by atoms with Crippen LogP contribution < -0.4 is 16.0 Å². The number of anilines is 2. The second-order valence-corrected chi connectivity index (χ2v) is 7.35. The van der Waals surface area contributed by atoms with Crippen LogP contribution in [0.1, 0.15) is 37.5 Å². The Bertz CT molecular complexity index is 762. The number of rotatable bonds is 2. The monoisotopic (exact) mass is 323 g/mol. The van der Waals surface area contributed by atoms with Crippen LogP contribution in [0.2, 0.25) is 0 Å². The number of hydrogen-bond donors (Lipinski definition) is 2. The van der Waals surface area contributed by atoms with E-state index in [1.165, 1.54) is 16.7 Å². The van der Waals surface area contributed by atoms with E-state index in [4.69, 9.17) is 5.73 Å². The van der Waals surface area contributed by atoms with Gasteiger partial charge in [-0.15, -0.1) is 0 Å². The molecule has 0 spiro atoms. The van der Waals surface area contributed by atoms with Crippen molar-refractivity contribution in [2.75, 3.05) is 11.4 Å². The SMILES string of the molecule is CC(C)(C)c1cccc(N(C(N)=O)c2ccc3c(c2)CCNC3)c1. The summed E-state index contributed by atoms with van der Waals surface area (Å²) in [4.78, 5) is 13.8. The highest BCUT2D eigenvalue weighted by Crippen LogP contribution is 2.31. The highest BCUT2D eigenvalue weighted by atomic mass is 16.2. The van der Waals surface area contributed by atoms with Crippen LogP contribution in [0.15, 0.2) is 42.5 Å². The largest absolute Gasteiger partial charge is 0.351 e. The highest BCUT2D eigenvalue weighted by molar-refractivity contribution is 5.98. The quantitative estimate of drug-likeness (QED) is 0.882. The number of benzene rings is 2. The number of nitrogens with one attached hydrogen (secondary N) is 1. The zero-order valence-corrected chi connectivity index (χ0v) is 14.6. The first-order valence-electron chi connectivity index (χ1n) is 8.39. The van der Waals surface area contributed by atoms with Gasteiger partial charge in [0.05, 0.1) is 11.4 Å². The average Bonchev–Trinajstić information content (AvgIpc) is 2.54. The van der Waals surface area contributed by atoms with E-state index in [-0.39, 0.29) is 5.41 Å². The number of nitrogens with zero attached hydrogens (tertiary/aromatic N) is 1. The van der Waals surface area contributed by atoms with E-state index >= 15 is 0 Å². The van der Waals surface area contributed by atoms with Gasteiger partial charge in [0.15, 0.2) is 0 Å². The van der Waals surface area contributed by atoms with Gasteiger partial charge < -0.3 is 11.1 Å². The van der Waals surface area contributed by atoms with Crippen molar-refractivity contribution in [3.63, 3.8) is 0 Å². The highest BCUT2D eigenvalue weighted by Gasteiger charge is 2.20. The Morgan fingerprint density at radius 3 is 2.54 bits per heavy atom. The van der Waals surface area contributed by atoms with Gasteiger partial charge in [-0.25, -0.2) is 4.79 Å². The molecule has 0 saturated heterocycles. The Morgan fingerprint density at radius 2 is 1.83 bits per heavy atom. The number of fused-ring (bicyclic) bond motifs is 1. The predicted molar refractivity (Wildman–Crippen MR) is 98.7 cm³/mol. The molecule has 0 bridgehead atoms. The van der Waals surface area contributed by atoms with E-state index in [0.717, 1.165) is 30.9 Å². The number of nitrogens with two attached hydrogens (primary N) is 1. The molecular weight excluding hydrogens is 298 g/mol. The molecule has 0 aliphatic carbocycles. The van der Waals surface area contributed by atoms with Crippen molar-refractivity contribution in [1.82, 2.24) is 5.32 Å². The normalized spacial score (nSPS) is 14.1. The van der Waals surface area contributed by atoms with E-state index < -0.39 is 6.03 Å². The molecule has 24 heavy (non-hydrogen) atoms. The van der Waals surface area contributed by atoms with Crippen LogP contribution in [0.5, 0.6) is 0 Å². The maximum Gasteiger partial charge on any atom is 0.323 e. The van der Waals surface area contributed by atoms with E-state index in [0.29, 0.717) is 0 Å². The summed E-state index contributed by atoms with van der Waals surface area (Å²) in [6.07, 6.45) is 0.970. The fraction of sp³-hybridized carbons (Fsp3) is 0.350. The molecule has 4 nitrogen and oxygen atoms in total. The van der Waals surface area contributed by atoms with Gasteiger partial charge in [0.25, 0.3) is 0 Å². The lowest BCUT2D eigenvalue weighted by atomic mass is 9.87. The first-order chi connectivity index (χ1) is 11.4. The number of urea groups is 1. The van der Waals surface area contributed by atoms with Crippen molar-refractivity contribution in [2.45, 2.75) is 39.2 Å². The summed E-state index contributed by atoms with van der Waals surface area (Å²) in [7, 11) is 0. The van der Waals surface area contributed by atoms with Crippen LogP contribution in [0.3, 0.4) is 0 Å². The van der Waals surface area contributed by atoms with Gasteiger partial charge in [0.2, 0.25) is 0 Å². The van der Waals surface area contributed by atoms with Gasteiger partial charge in [-0.05, 0) is 59.3 Å². The first-order valence-corrected chi connectivity index (χ1v) is 8.39. The minimum atomic E-state index is -0.463. The molecule has 2 aromatic carbocycles. The molecule has 1 heterocycles. The summed E-state index contributed by atoms with van der Waals surface area (Å²) in [6.45, 7) is 8.32. The fourth-order valence-electron chi connectivity index (χ4n) is 3.12. The number of hydrogen-bond acceptors (Lipinski definition) is 2. The maximum atomic E-state index is 12.2. The lowest BCUT2D eigenvalue weighted by Crippen LogP contribution is -2.32. The standard InChI is InChI=1S/C20H25N3O/c1-20(2,3)16-5-4-6-17(12-16)23(19(21)24)18-8-7-15-13-22-10-9-14(15)11-18/h4-8,11-12,22H,9-10,13H2,1-3H3,(H2,21,24). The van der Waals surface area contributed by atoms with Crippen molar-refractivity contribution < 1.29 is 4.79 Å². The van der Waals surface area contributed by atoms with Gasteiger partial charge >= 0.3 is 6.03 Å². The van der Waals surface area contributed by atoms with Crippen LogP contribution in [0.4, 0.5) is 16.2 Å². The van der Waals surface area contributed by atoms with Crippen LogP contribution in [-0.4, -0.2) is 12.6 Å². The lowest BCUT2D eigenvalue weighted by molar-refractivity contribution is 0.256. The Kier molecular flexibility index (Phi) is 4.33. The van der Waals surface area contributed by atoms with E-state index in [1.54, 1.807) is 4.90 Å². The summed E-state index contributed by atoms with van der Waals surface area (Å²) >= 11 is 0. The van der Waals surface area contributed by atoms with E-state index in [9.17, 15) is 4.79 Å². The van der Waals surface area contributed by atoms with Crippen molar-refractivity contribution in [3.05, 3.63) is 59.2 Å². The molecular formula is C20H25N3O. The molecule has 0 fully saturated rings. The number of primary amides is 1. The minimum Gasteiger partial charge on any atom is -0.351 e. The summed E-state index contributed by atoms with van der Waals surface area (Å²) in [6, 6.07) is 13.7. The molecule has 2 amide bonds. The van der Waals surface area contributed by atoms with Gasteiger partial charge in [-0.1, -0.05) is 39.0 Å². The molecule has 0 atom stereocenters. The molecule has 1 aliphatic heterocycles. The zero-order chi connectivity index (χ0) is 17.3. The second kappa shape index (κ2) is 6.29. The lowest BCUT2D eigenvalue weighted by Gasteiger charge is -2.26. The third kappa shape index (κ3) is 3.29. The van der Waals surface area contributed by atoms with Crippen molar-refractivity contribution in [3.8, 4) is 0 Å². The van der Waals surface area contributed by atoms with Crippen LogP contribution in [0.25, 0.3) is 0 Å². The molecule has 3 rings (SSSR count). The number of amides is 2. The fourth-order valence-corrected chi connectivity index (χ4v) is 3.12. The van der Waals surface area contributed by atoms with Gasteiger partial charge in [0.1, 0.15) is 0 Å². The Balaban J connectivity index is 2.04. The van der Waals surface area contributed by atoms with Crippen molar-refractivity contribution >= 4 is 17.4 Å². The number of carbonyl (C=O) groups excluding carboxylic acids is 1. The first kappa shape index (κ1) is 16.5. The van der Waals surface area contributed by atoms with E-state index in [2.05, 4.69) is 44.3 Å². The molecule has 2 aromatic rings.